The molecule has 158 valence electrons. The van der Waals surface area contributed by atoms with Gasteiger partial charge in [0.2, 0.25) is 5.91 Å². The summed E-state index contributed by atoms with van der Waals surface area (Å²) < 4.78 is 6.39. The lowest BCUT2D eigenvalue weighted by molar-refractivity contribution is -0.126. The van der Waals surface area contributed by atoms with E-state index in [-0.39, 0.29) is 17.9 Å². The first kappa shape index (κ1) is 20.9. The Balaban J connectivity index is 1.62. The van der Waals surface area contributed by atoms with E-state index in [1.54, 1.807) is 18.1 Å². The third-order valence-corrected chi connectivity index (χ3v) is 6.75. The zero-order valence-electron chi connectivity index (χ0n) is 17.4. The molecule has 0 radical (unpaired) electrons. The Hall–Kier alpha value is -2.34. The minimum Gasteiger partial charge on any atom is -0.496 e. The number of carbonyl (C=O) groups is 2. The molecule has 2 aliphatic rings. The molecule has 2 amide bonds. The zero-order chi connectivity index (χ0) is 21.3. The van der Waals surface area contributed by atoms with Crippen molar-refractivity contribution >= 4 is 27.7 Å². The number of halogens is 1. The molecule has 2 aromatic rings. The molecule has 0 bridgehead atoms. The number of nitrogens with one attached hydrogen (secondary N) is 1. The molecule has 1 atom stereocenters. The van der Waals surface area contributed by atoms with Gasteiger partial charge in [0.1, 0.15) is 11.8 Å². The molecule has 6 heteroatoms. The highest BCUT2D eigenvalue weighted by Gasteiger charge is 2.41. The summed E-state index contributed by atoms with van der Waals surface area (Å²) in [5.74, 6) is 1.20. The second-order valence-corrected chi connectivity index (χ2v) is 9.26. The van der Waals surface area contributed by atoms with Gasteiger partial charge < -0.3 is 15.0 Å². The van der Waals surface area contributed by atoms with E-state index in [0.29, 0.717) is 23.8 Å². The molecule has 1 N–H and O–H groups in total. The number of carbonyl (C=O) groups excluding carboxylic acids is 2. The molecule has 2 aromatic carbocycles. The van der Waals surface area contributed by atoms with E-state index < -0.39 is 6.04 Å². The van der Waals surface area contributed by atoms with Crippen molar-refractivity contribution in [2.75, 3.05) is 7.11 Å². The van der Waals surface area contributed by atoms with Gasteiger partial charge in [0.15, 0.2) is 0 Å². The first-order chi connectivity index (χ1) is 14.5. The van der Waals surface area contributed by atoms with Crippen LogP contribution < -0.4 is 10.1 Å². The van der Waals surface area contributed by atoms with E-state index in [4.69, 9.17) is 4.74 Å². The highest BCUT2D eigenvalue weighted by atomic mass is 79.9. The Morgan fingerprint density at radius 2 is 1.90 bits per heavy atom. The Morgan fingerprint density at radius 3 is 2.63 bits per heavy atom. The van der Waals surface area contributed by atoms with Crippen LogP contribution in [0.4, 0.5) is 0 Å². The fraction of sp³-hybridized carbons (Fsp3) is 0.417. The van der Waals surface area contributed by atoms with E-state index in [9.17, 15) is 9.59 Å². The quantitative estimate of drug-likeness (QED) is 0.679. The molecule has 1 saturated carbocycles. The highest BCUT2D eigenvalue weighted by Crippen LogP contribution is 2.37. The second-order valence-electron chi connectivity index (χ2n) is 8.34. The average Bonchev–Trinajstić information content (AvgIpc) is 3.02. The summed E-state index contributed by atoms with van der Waals surface area (Å²) in [5, 5.41) is 3.23. The Bertz CT molecular complexity index is 953. The lowest BCUT2D eigenvalue weighted by atomic mass is 9.87. The third-order valence-electron chi connectivity index (χ3n) is 6.25. The van der Waals surface area contributed by atoms with Crippen LogP contribution in [-0.4, -0.2) is 29.9 Å². The number of nitrogens with zero attached hydrogens (tertiary/aromatic N) is 1. The van der Waals surface area contributed by atoms with E-state index >= 15 is 0 Å². The minimum atomic E-state index is -0.628. The molecule has 5 nitrogen and oxygen atoms in total. The zero-order valence-corrected chi connectivity index (χ0v) is 18.9. The lowest BCUT2D eigenvalue weighted by Crippen LogP contribution is -2.44. The summed E-state index contributed by atoms with van der Waals surface area (Å²) in [6, 6.07) is 12.7. The maximum atomic E-state index is 13.4. The molecule has 30 heavy (non-hydrogen) atoms. The predicted octanol–water partition coefficient (Wildman–Crippen LogP) is 4.85. The molecule has 0 aromatic heterocycles. The topological polar surface area (TPSA) is 58.6 Å². The van der Waals surface area contributed by atoms with Crippen LogP contribution in [0.5, 0.6) is 5.75 Å². The first-order valence-corrected chi connectivity index (χ1v) is 11.3. The lowest BCUT2D eigenvalue weighted by Gasteiger charge is -2.30. The van der Waals surface area contributed by atoms with Gasteiger partial charge in [-0.1, -0.05) is 41.1 Å². The van der Waals surface area contributed by atoms with E-state index in [2.05, 4.69) is 28.2 Å². The maximum absolute atomic E-state index is 13.4. The fourth-order valence-corrected chi connectivity index (χ4v) is 4.96. The first-order valence-electron chi connectivity index (χ1n) is 10.5. The molecule has 0 saturated heterocycles. The Kier molecular flexibility index (Phi) is 6.14. The molecule has 1 aliphatic heterocycles. The maximum Gasteiger partial charge on any atom is 0.255 e. The monoisotopic (exact) mass is 470 g/mol. The van der Waals surface area contributed by atoms with Crippen LogP contribution in [0, 0.1) is 5.92 Å². The number of amides is 2. The molecule has 1 unspecified atom stereocenters. The standard InChI is InChI=1S/C24H27BrN2O3/c1-15-7-10-18(11-8-15)26-23(28)22-19-5-3-4-6-20(19)24(29)27(22)14-16-13-17(25)9-12-21(16)30-2/h3-6,9,12-13,15,18,22H,7-8,10-11,14H2,1-2H3,(H,26,28). The number of rotatable bonds is 5. The Labute approximate surface area is 185 Å². The van der Waals surface area contributed by atoms with Crippen molar-refractivity contribution in [1.82, 2.24) is 10.2 Å². The number of hydrogen-bond donors (Lipinski definition) is 1. The van der Waals surface area contributed by atoms with Crippen LogP contribution in [0.1, 0.15) is 60.1 Å². The van der Waals surface area contributed by atoms with Crippen molar-refractivity contribution in [1.29, 1.82) is 0 Å². The van der Waals surface area contributed by atoms with Crippen LogP contribution in [-0.2, 0) is 11.3 Å². The van der Waals surface area contributed by atoms with Gasteiger partial charge >= 0.3 is 0 Å². The van der Waals surface area contributed by atoms with Crippen molar-refractivity contribution in [3.8, 4) is 5.75 Å². The third kappa shape index (κ3) is 4.10. The molecule has 1 aliphatic carbocycles. The van der Waals surface area contributed by atoms with Crippen molar-refractivity contribution in [2.45, 2.75) is 51.2 Å². The molecule has 1 heterocycles. The van der Waals surface area contributed by atoms with Gasteiger partial charge in [0, 0.05) is 21.6 Å². The van der Waals surface area contributed by atoms with Gasteiger partial charge in [0.05, 0.1) is 13.7 Å². The van der Waals surface area contributed by atoms with E-state index in [0.717, 1.165) is 41.3 Å². The number of benzene rings is 2. The van der Waals surface area contributed by atoms with Gasteiger partial charge in [-0.2, -0.15) is 0 Å². The SMILES string of the molecule is COc1ccc(Br)cc1CN1C(=O)c2ccccc2C1C(=O)NC1CCC(C)CC1. The van der Waals surface area contributed by atoms with Crippen molar-refractivity contribution in [3.05, 3.63) is 63.6 Å². The highest BCUT2D eigenvalue weighted by molar-refractivity contribution is 9.10. The van der Waals surface area contributed by atoms with E-state index in [1.807, 2.05) is 36.4 Å². The normalized spacial score (nSPS) is 23.2. The predicted molar refractivity (Wildman–Crippen MR) is 119 cm³/mol. The minimum absolute atomic E-state index is 0.0955. The molecular weight excluding hydrogens is 444 g/mol. The average molecular weight is 471 g/mol. The number of fused-ring (bicyclic) bond motifs is 1. The summed E-state index contributed by atoms with van der Waals surface area (Å²) in [4.78, 5) is 28.3. The van der Waals surface area contributed by atoms with Gasteiger partial charge in [0.25, 0.3) is 5.91 Å². The molecule has 1 fully saturated rings. The van der Waals surface area contributed by atoms with Crippen molar-refractivity contribution < 1.29 is 14.3 Å². The summed E-state index contributed by atoms with van der Waals surface area (Å²) in [6.07, 6.45) is 4.25. The number of ether oxygens (including phenoxy) is 1. The van der Waals surface area contributed by atoms with E-state index in [1.165, 1.54) is 0 Å². The smallest absolute Gasteiger partial charge is 0.255 e. The van der Waals surface area contributed by atoms with Gasteiger partial charge in [-0.3, -0.25) is 9.59 Å². The molecular formula is C24H27BrN2O3. The van der Waals surface area contributed by atoms with Crippen LogP contribution in [0.3, 0.4) is 0 Å². The van der Waals surface area contributed by atoms with Gasteiger partial charge in [-0.25, -0.2) is 0 Å². The number of hydrogen-bond acceptors (Lipinski definition) is 3. The van der Waals surface area contributed by atoms with Crippen LogP contribution in [0.25, 0.3) is 0 Å². The van der Waals surface area contributed by atoms with Crippen molar-refractivity contribution in [2.24, 2.45) is 5.92 Å². The fourth-order valence-electron chi connectivity index (χ4n) is 4.55. The number of methoxy groups -OCH3 is 1. The molecule has 4 rings (SSSR count). The van der Waals surface area contributed by atoms with Crippen molar-refractivity contribution in [3.63, 3.8) is 0 Å². The van der Waals surface area contributed by atoms with Gasteiger partial charge in [-0.05, 0) is 61.4 Å². The van der Waals surface area contributed by atoms with Crippen LogP contribution in [0.15, 0.2) is 46.9 Å². The summed E-state index contributed by atoms with van der Waals surface area (Å²) in [5.41, 5.74) is 2.24. The largest absolute Gasteiger partial charge is 0.496 e. The second kappa shape index (κ2) is 8.80. The van der Waals surface area contributed by atoms with Crippen LogP contribution >= 0.6 is 15.9 Å². The van der Waals surface area contributed by atoms with Gasteiger partial charge in [-0.15, -0.1) is 0 Å². The summed E-state index contributed by atoms with van der Waals surface area (Å²) in [7, 11) is 1.61. The summed E-state index contributed by atoms with van der Waals surface area (Å²) in [6.45, 7) is 2.56. The Morgan fingerprint density at radius 1 is 1.17 bits per heavy atom. The summed E-state index contributed by atoms with van der Waals surface area (Å²) >= 11 is 3.49. The van der Waals surface area contributed by atoms with Crippen LogP contribution in [0.2, 0.25) is 0 Å². The molecule has 0 spiro atoms.